The second-order valence-corrected chi connectivity index (χ2v) is 10.4. The standard InChI is InChI=1S/C32H31ClN4O3/c1-21-6-5-9-29(22(21)2)36-14-16-37(17-15-36)31(39)19-23-10-11-25(27-8-4-3-7-26(23)27)20-34-35-32(40)24-12-13-30(38)28(33)18-24/h3-13,18,20,38H,14-17,19H2,1-2H3,(H,35,40). The van der Waals surface area contributed by atoms with Crippen LogP contribution in [0, 0.1) is 13.8 Å². The summed E-state index contributed by atoms with van der Waals surface area (Å²) in [5.74, 6) is -0.416. The lowest BCUT2D eigenvalue weighted by Gasteiger charge is -2.37. The van der Waals surface area contributed by atoms with E-state index in [1.165, 1.54) is 35.0 Å². The number of fused-ring (bicyclic) bond motifs is 1. The van der Waals surface area contributed by atoms with Crippen LogP contribution in [-0.4, -0.2) is 54.2 Å². The molecule has 2 N–H and O–H groups in total. The molecule has 4 aromatic carbocycles. The van der Waals surface area contributed by atoms with E-state index in [1.54, 1.807) is 6.21 Å². The molecule has 0 bridgehead atoms. The van der Waals surface area contributed by atoms with Crippen LogP contribution in [0.2, 0.25) is 5.02 Å². The maximum Gasteiger partial charge on any atom is 0.271 e. The van der Waals surface area contributed by atoms with Crippen molar-refractivity contribution in [1.29, 1.82) is 0 Å². The zero-order valence-corrected chi connectivity index (χ0v) is 23.3. The Bertz CT molecular complexity index is 1610. The molecule has 1 aliphatic heterocycles. The Morgan fingerprint density at radius 2 is 1.70 bits per heavy atom. The predicted octanol–water partition coefficient (Wildman–Crippen LogP) is 5.47. The van der Waals surface area contributed by atoms with Crippen LogP contribution in [0.1, 0.15) is 32.6 Å². The molecule has 5 rings (SSSR count). The molecule has 204 valence electrons. The number of anilines is 1. The molecule has 2 amide bonds. The van der Waals surface area contributed by atoms with E-state index in [-0.39, 0.29) is 22.2 Å². The maximum absolute atomic E-state index is 13.3. The number of halogens is 1. The fraction of sp³-hybridized carbons (Fsp3) is 0.219. The minimum absolute atomic E-state index is 0.0913. The monoisotopic (exact) mass is 554 g/mol. The van der Waals surface area contributed by atoms with E-state index in [2.05, 4.69) is 47.5 Å². The molecule has 0 radical (unpaired) electrons. The van der Waals surface area contributed by atoms with Gasteiger partial charge in [0.1, 0.15) is 5.75 Å². The third-order valence-electron chi connectivity index (χ3n) is 7.52. The highest BCUT2D eigenvalue weighted by molar-refractivity contribution is 6.32. The van der Waals surface area contributed by atoms with Gasteiger partial charge in [-0.05, 0) is 65.6 Å². The molecule has 0 spiro atoms. The van der Waals surface area contributed by atoms with Gasteiger partial charge in [0.15, 0.2) is 0 Å². The predicted molar refractivity (Wildman–Crippen MR) is 161 cm³/mol. The summed E-state index contributed by atoms with van der Waals surface area (Å²) in [4.78, 5) is 30.0. The summed E-state index contributed by atoms with van der Waals surface area (Å²) in [7, 11) is 0. The van der Waals surface area contributed by atoms with Crippen molar-refractivity contribution < 1.29 is 14.7 Å². The van der Waals surface area contributed by atoms with Crippen LogP contribution in [0.4, 0.5) is 5.69 Å². The number of hydrazone groups is 1. The van der Waals surface area contributed by atoms with E-state index in [0.717, 1.165) is 35.0 Å². The number of rotatable bonds is 6. The van der Waals surface area contributed by atoms with Gasteiger partial charge in [-0.25, -0.2) is 5.43 Å². The smallest absolute Gasteiger partial charge is 0.271 e. The van der Waals surface area contributed by atoms with Crippen LogP contribution in [0.5, 0.6) is 5.75 Å². The van der Waals surface area contributed by atoms with Crippen molar-refractivity contribution >= 4 is 46.1 Å². The molecule has 1 aliphatic rings. The van der Waals surface area contributed by atoms with E-state index < -0.39 is 5.91 Å². The van der Waals surface area contributed by atoms with E-state index in [0.29, 0.717) is 19.5 Å². The number of aryl methyl sites for hydroxylation is 1. The molecule has 4 aromatic rings. The molecule has 40 heavy (non-hydrogen) atoms. The number of aromatic hydroxyl groups is 1. The molecular formula is C32H31ClN4O3. The Morgan fingerprint density at radius 1 is 0.950 bits per heavy atom. The van der Waals surface area contributed by atoms with Crippen LogP contribution in [-0.2, 0) is 11.2 Å². The van der Waals surface area contributed by atoms with Gasteiger partial charge in [-0.2, -0.15) is 5.10 Å². The number of piperazine rings is 1. The lowest BCUT2D eigenvalue weighted by Crippen LogP contribution is -2.49. The lowest BCUT2D eigenvalue weighted by atomic mass is 9.97. The van der Waals surface area contributed by atoms with Gasteiger partial charge < -0.3 is 14.9 Å². The molecule has 1 saturated heterocycles. The third-order valence-corrected chi connectivity index (χ3v) is 7.82. The van der Waals surface area contributed by atoms with Gasteiger partial charge in [0.25, 0.3) is 5.91 Å². The summed E-state index contributed by atoms with van der Waals surface area (Å²) in [5.41, 5.74) is 8.38. The zero-order chi connectivity index (χ0) is 28.2. The van der Waals surface area contributed by atoms with E-state index in [9.17, 15) is 14.7 Å². The second-order valence-electron chi connectivity index (χ2n) is 9.99. The first-order valence-corrected chi connectivity index (χ1v) is 13.6. The average molecular weight is 555 g/mol. The van der Waals surface area contributed by atoms with Crippen molar-refractivity contribution in [3.63, 3.8) is 0 Å². The highest BCUT2D eigenvalue weighted by atomic mass is 35.5. The van der Waals surface area contributed by atoms with E-state index in [4.69, 9.17) is 11.6 Å². The summed E-state index contributed by atoms with van der Waals surface area (Å²) in [5, 5.41) is 15.7. The Balaban J connectivity index is 1.25. The van der Waals surface area contributed by atoms with E-state index >= 15 is 0 Å². The number of amides is 2. The van der Waals surface area contributed by atoms with Gasteiger partial charge in [0.05, 0.1) is 17.7 Å². The summed E-state index contributed by atoms with van der Waals surface area (Å²) in [6.45, 7) is 7.30. The topological polar surface area (TPSA) is 85.2 Å². The Labute approximate surface area is 238 Å². The number of phenolic OH excluding ortho intramolecular Hbond substituents is 1. The molecule has 0 aliphatic carbocycles. The SMILES string of the molecule is Cc1cccc(N2CCN(C(=O)Cc3ccc(C=NNC(=O)c4ccc(O)c(Cl)c4)c4ccccc34)CC2)c1C. The summed E-state index contributed by atoms with van der Waals surface area (Å²) in [6.07, 6.45) is 1.90. The number of nitrogens with zero attached hydrogens (tertiary/aromatic N) is 3. The van der Waals surface area contributed by atoms with E-state index in [1.807, 2.05) is 41.3 Å². The molecule has 1 fully saturated rings. The second kappa shape index (κ2) is 11.8. The Morgan fingerprint density at radius 3 is 2.45 bits per heavy atom. The Kier molecular flexibility index (Phi) is 8.03. The molecule has 0 unspecified atom stereocenters. The fourth-order valence-electron chi connectivity index (χ4n) is 5.07. The minimum atomic E-state index is -0.442. The van der Waals surface area contributed by atoms with Gasteiger partial charge >= 0.3 is 0 Å². The number of carbonyl (C=O) groups is 2. The quantitative estimate of drug-likeness (QED) is 0.244. The number of benzene rings is 4. The molecule has 0 saturated carbocycles. The van der Waals surface area contributed by atoms with Crippen LogP contribution in [0.15, 0.2) is 77.9 Å². The average Bonchev–Trinajstić information content (AvgIpc) is 2.97. The number of phenols is 1. The maximum atomic E-state index is 13.3. The van der Waals surface area contributed by atoms with Crippen LogP contribution < -0.4 is 10.3 Å². The molecule has 0 aromatic heterocycles. The highest BCUT2D eigenvalue weighted by Gasteiger charge is 2.23. The van der Waals surface area contributed by atoms with Crippen molar-refractivity contribution in [2.75, 3.05) is 31.1 Å². The first-order chi connectivity index (χ1) is 19.3. The van der Waals surface area contributed by atoms with Crippen molar-refractivity contribution in [3.8, 4) is 5.75 Å². The fourth-order valence-corrected chi connectivity index (χ4v) is 5.25. The Hall–Kier alpha value is -4.36. The summed E-state index contributed by atoms with van der Waals surface area (Å²) in [6, 6.07) is 22.3. The van der Waals surface area contributed by atoms with Crippen LogP contribution in [0.3, 0.4) is 0 Å². The van der Waals surface area contributed by atoms with Crippen LogP contribution >= 0.6 is 11.6 Å². The van der Waals surface area contributed by atoms with Crippen molar-refractivity contribution in [2.45, 2.75) is 20.3 Å². The number of hydrogen-bond donors (Lipinski definition) is 2. The number of carbonyl (C=O) groups excluding carboxylic acids is 2. The normalized spacial score (nSPS) is 13.7. The molecule has 8 heteroatoms. The van der Waals surface area contributed by atoms with Gasteiger partial charge in [-0.3, -0.25) is 9.59 Å². The molecule has 0 atom stereocenters. The van der Waals surface area contributed by atoms with Gasteiger partial charge in [-0.1, -0.05) is 60.1 Å². The summed E-state index contributed by atoms with van der Waals surface area (Å²) < 4.78 is 0. The molecule has 7 nitrogen and oxygen atoms in total. The van der Waals surface area contributed by atoms with Crippen molar-refractivity contribution in [1.82, 2.24) is 10.3 Å². The largest absolute Gasteiger partial charge is 0.506 e. The first kappa shape index (κ1) is 27.2. The summed E-state index contributed by atoms with van der Waals surface area (Å²) >= 11 is 5.90. The van der Waals surface area contributed by atoms with Crippen molar-refractivity contribution in [3.05, 3.63) is 106 Å². The minimum Gasteiger partial charge on any atom is -0.506 e. The van der Waals surface area contributed by atoms with Crippen molar-refractivity contribution in [2.24, 2.45) is 5.10 Å². The molecule has 1 heterocycles. The number of hydrogen-bond acceptors (Lipinski definition) is 5. The third kappa shape index (κ3) is 5.80. The van der Waals surface area contributed by atoms with Gasteiger partial charge in [0, 0.05) is 43.0 Å². The molecular weight excluding hydrogens is 524 g/mol. The van der Waals surface area contributed by atoms with Crippen LogP contribution in [0.25, 0.3) is 10.8 Å². The van der Waals surface area contributed by atoms with Gasteiger partial charge in [0.2, 0.25) is 5.91 Å². The zero-order valence-electron chi connectivity index (χ0n) is 22.5. The lowest BCUT2D eigenvalue weighted by molar-refractivity contribution is -0.130. The van der Waals surface area contributed by atoms with Gasteiger partial charge in [-0.15, -0.1) is 0 Å². The number of nitrogens with one attached hydrogen (secondary N) is 1. The highest BCUT2D eigenvalue weighted by Crippen LogP contribution is 2.26. The first-order valence-electron chi connectivity index (χ1n) is 13.2.